The molecule has 0 unspecified atom stereocenters. The summed E-state index contributed by atoms with van der Waals surface area (Å²) in [5, 5.41) is 5.74. The third-order valence-electron chi connectivity index (χ3n) is 4.18. The number of hydrogen-bond donors (Lipinski definition) is 2. The first-order chi connectivity index (χ1) is 13.4. The van der Waals surface area contributed by atoms with Gasteiger partial charge in [-0.15, -0.1) is 0 Å². The molecule has 7 nitrogen and oxygen atoms in total. The highest BCUT2D eigenvalue weighted by Gasteiger charge is 2.30. The van der Waals surface area contributed by atoms with Gasteiger partial charge in [-0.2, -0.15) is 13.2 Å². The van der Waals surface area contributed by atoms with Crippen LogP contribution in [-0.4, -0.2) is 55.3 Å². The first-order valence-corrected chi connectivity index (χ1v) is 8.77. The van der Waals surface area contributed by atoms with Gasteiger partial charge in [-0.05, 0) is 24.3 Å². The average molecular weight is 395 g/mol. The summed E-state index contributed by atoms with van der Waals surface area (Å²) in [6.07, 6.45) is -2.95. The maximum Gasteiger partial charge on any atom is 0.416 e. The molecular weight excluding hydrogens is 375 g/mol. The van der Waals surface area contributed by atoms with Gasteiger partial charge in [0, 0.05) is 37.8 Å². The highest BCUT2D eigenvalue weighted by Crippen LogP contribution is 2.29. The number of carbonyl (C=O) groups is 1. The number of anilines is 2. The van der Waals surface area contributed by atoms with Crippen LogP contribution in [0.4, 0.5) is 24.8 Å². The van der Waals surface area contributed by atoms with Crippen molar-refractivity contribution in [3.63, 3.8) is 0 Å². The van der Waals surface area contributed by atoms with E-state index >= 15 is 0 Å². The average Bonchev–Trinajstić information content (AvgIpc) is 2.71. The SMILES string of the molecule is O=C(NCCNc1cc(N2CCOCC2)ncn1)c1ccc(C(F)(F)F)cc1. The number of alkyl halides is 3. The van der Waals surface area contributed by atoms with Crippen molar-refractivity contribution in [1.29, 1.82) is 0 Å². The monoisotopic (exact) mass is 395 g/mol. The fraction of sp³-hybridized carbons (Fsp3) is 0.389. The van der Waals surface area contributed by atoms with E-state index in [-0.39, 0.29) is 12.1 Å². The minimum atomic E-state index is -4.42. The maximum atomic E-state index is 12.5. The summed E-state index contributed by atoms with van der Waals surface area (Å²) in [6, 6.07) is 5.92. The smallest absolute Gasteiger partial charge is 0.378 e. The first kappa shape index (κ1) is 19.9. The summed E-state index contributed by atoms with van der Waals surface area (Å²) >= 11 is 0. The van der Waals surface area contributed by atoms with Crippen LogP contribution < -0.4 is 15.5 Å². The summed E-state index contributed by atoms with van der Waals surface area (Å²) < 4.78 is 43.0. The molecule has 0 spiro atoms. The predicted octanol–water partition coefficient (Wildman–Crippen LogP) is 2.17. The Hall–Kier alpha value is -2.88. The van der Waals surface area contributed by atoms with E-state index in [1.54, 1.807) is 0 Å². The standard InChI is InChI=1S/C18H20F3N5O2/c19-18(20,21)14-3-1-13(2-4-14)17(27)23-6-5-22-15-11-16(25-12-24-15)26-7-9-28-10-8-26/h1-4,11-12H,5-10H2,(H,23,27)(H,22,24,25). The van der Waals surface area contributed by atoms with Crippen molar-refractivity contribution < 1.29 is 22.7 Å². The van der Waals surface area contributed by atoms with Crippen LogP contribution in [0.5, 0.6) is 0 Å². The Labute approximate surface area is 159 Å². The molecule has 0 bridgehead atoms. The molecule has 2 N–H and O–H groups in total. The molecule has 3 rings (SSSR count). The second-order valence-corrected chi connectivity index (χ2v) is 6.12. The lowest BCUT2D eigenvalue weighted by Crippen LogP contribution is -2.36. The maximum absolute atomic E-state index is 12.5. The summed E-state index contributed by atoms with van der Waals surface area (Å²) in [4.78, 5) is 22.5. The number of ether oxygens (including phenoxy) is 1. The van der Waals surface area contributed by atoms with Gasteiger partial charge in [0.05, 0.1) is 18.8 Å². The van der Waals surface area contributed by atoms with Crippen LogP contribution in [-0.2, 0) is 10.9 Å². The van der Waals surface area contributed by atoms with Crippen molar-refractivity contribution in [2.24, 2.45) is 0 Å². The number of amides is 1. The van der Waals surface area contributed by atoms with Crippen molar-refractivity contribution >= 4 is 17.5 Å². The van der Waals surface area contributed by atoms with Gasteiger partial charge in [0.2, 0.25) is 0 Å². The minimum Gasteiger partial charge on any atom is -0.378 e. The number of rotatable bonds is 6. The largest absolute Gasteiger partial charge is 0.416 e. The van der Waals surface area contributed by atoms with Crippen LogP contribution in [0.3, 0.4) is 0 Å². The molecule has 10 heteroatoms. The molecule has 0 saturated carbocycles. The molecule has 0 atom stereocenters. The van der Waals surface area contributed by atoms with E-state index in [1.165, 1.54) is 6.33 Å². The lowest BCUT2D eigenvalue weighted by Gasteiger charge is -2.27. The number of morpholine rings is 1. The van der Waals surface area contributed by atoms with Gasteiger partial charge in [-0.25, -0.2) is 9.97 Å². The third kappa shape index (κ3) is 5.32. The molecular formula is C18H20F3N5O2. The van der Waals surface area contributed by atoms with Gasteiger partial charge in [-0.1, -0.05) is 0 Å². The molecule has 1 fully saturated rings. The molecule has 0 aliphatic carbocycles. The number of aromatic nitrogens is 2. The Kier molecular flexibility index (Phi) is 6.30. The molecule has 1 amide bonds. The zero-order chi connectivity index (χ0) is 20.0. The van der Waals surface area contributed by atoms with Crippen molar-refractivity contribution in [1.82, 2.24) is 15.3 Å². The molecule has 1 aromatic carbocycles. The number of benzene rings is 1. The number of carbonyl (C=O) groups excluding carboxylic acids is 1. The van der Waals surface area contributed by atoms with Crippen LogP contribution in [0.15, 0.2) is 36.7 Å². The van der Waals surface area contributed by atoms with Gasteiger partial charge >= 0.3 is 6.18 Å². The molecule has 2 heterocycles. The molecule has 1 aromatic heterocycles. The minimum absolute atomic E-state index is 0.171. The summed E-state index contributed by atoms with van der Waals surface area (Å²) in [6.45, 7) is 3.54. The Morgan fingerprint density at radius 3 is 2.50 bits per heavy atom. The Morgan fingerprint density at radius 2 is 1.82 bits per heavy atom. The molecule has 1 aliphatic heterocycles. The van der Waals surface area contributed by atoms with E-state index in [1.807, 2.05) is 6.07 Å². The molecule has 28 heavy (non-hydrogen) atoms. The quantitative estimate of drug-likeness (QED) is 0.730. The van der Waals surface area contributed by atoms with E-state index in [0.717, 1.165) is 43.2 Å². The lowest BCUT2D eigenvalue weighted by molar-refractivity contribution is -0.137. The zero-order valence-corrected chi connectivity index (χ0v) is 15.0. The van der Waals surface area contributed by atoms with Crippen molar-refractivity contribution in [2.75, 3.05) is 49.6 Å². The topological polar surface area (TPSA) is 79.4 Å². The van der Waals surface area contributed by atoms with Crippen molar-refractivity contribution in [3.8, 4) is 0 Å². The fourth-order valence-corrected chi connectivity index (χ4v) is 2.69. The van der Waals surface area contributed by atoms with E-state index < -0.39 is 17.6 Å². The lowest BCUT2D eigenvalue weighted by atomic mass is 10.1. The van der Waals surface area contributed by atoms with E-state index in [0.29, 0.717) is 25.6 Å². The first-order valence-electron chi connectivity index (χ1n) is 8.77. The van der Waals surface area contributed by atoms with Gasteiger partial charge in [0.25, 0.3) is 5.91 Å². The van der Waals surface area contributed by atoms with Gasteiger partial charge < -0.3 is 20.3 Å². The van der Waals surface area contributed by atoms with E-state index in [9.17, 15) is 18.0 Å². The molecule has 1 saturated heterocycles. The molecule has 1 aliphatic rings. The molecule has 150 valence electrons. The van der Waals surface area contributed by atoms with Gasteiger partial charge in [-0.3, -0.25) is 4.79 Å². The van der Waals surface area contributed by atoms with Gasteiger partial charge in [0.1, 0.15) is 18.0 Å². The predicted molar refractivity (Wildman–Crippen MR) is 97.3 cm³/mol. The normalized spacial score (nSPS) is 14.6. The van der Waals surface area contributed by atoms with E-state index in [2.05, 4.69) is 25.5 Å². The highest BCUT2D eigenvalue weighted by atomic mass is 19.4. The number of nitrogens with zero attached hydrogens (tertiary/aromatic N) is 3. The van der Waals surface area contributed by atoms with Crippen molar-refractivity contribution in [2.45, 2.75) is 6.18 Å². The fourth-order valence-electron chi connectivity index (χ4n) is 2.69. The van der Waals surface area contributed by atoms with E-state index in [4.69, 9.17) is 4.74 Å². The van der Waals surface area contributed by atoms with Gasteiger partial charge in [0.15, 0.2) is 0 Å². The summed E-state index contributed by atoms with van der Waals surface area (Å²) in [7, 11) is 0. The van der Waals surface area contributed by atoms with Crippen LogP contribution in [0, 0.1) is 0 Å². The summed E-state index contributed by atoms with van der Waals surface area (Å²) in [5.41, 5.74) is -0.616. The Bertz CT molecular complexity index is 793. The van der Waals surface area contributed by atoms with Crippen LogP contribution >= 0.6 is 0 Å². The van der Waals surface area contributed by atoms with Crippen LogP contribution in [0.1, 0.15) is 15.9 Å². The third-order valence-corrected chi connectivity index (χ3v) is 4.18. The molecule has 2 aromatic rings. The van der Waals surface area contributed by atoms with Crippen molar-refractivity contribution in [3.05, 3.63) is 47.8 Å². The summed E-state index contributed by atoms with van der Waals surface area (Å²) in [5.74, 6) is 0.988. The Balaban J connectivity index is 1.46. The number of nitrogens with one attached hydrogen (secondary N) is 2. The zero-order valence-electron chi connectivity index (χ0n) is 15.0. The Morgan fingerprint density at radius 1 is 1.11 bits per heavy atom. The second kappa shape index (κ2) is 8.87. The highest BCUT2D eigenvalue weighted by molar-refractivity contribution is 5.94. The van der Waals surface area contributed by atoms with Crippen LogP contribution in [0.2, 0.25) is 0 Å². The second-order valence-electron chi connectivity index (χ2n) is 6.12. The van der Waals surface area contributed by atoms with Crippen LogP contribution in [0.25, 0.3) is 0 Å². The molecule has 0 radical (unpaired) electrons. The number of hydrogen-bond acceptors (Lipinski definition) is 6. The number of halogens is 3.